The van der Waals surface area contributed by atoms with Gasteiger partial charge in [0.05, 0.1) is 4.88 Å². The topological polar surface area (TPSA) is 46.6 Å². The summed E-state index contributed by atoms with van der Waals surface area (Å²) in [5, 5.41) is 1.10. The molecule has 3 aliphatic rings. The highest BCUT2D eigenvalue weighted by atomic mass is 32.1. The van der Waals surface area contributed by atoms with E-state index in [9.17, 15) is 9.59 Å². The van der Waals surface area contributed by atoms with E-state index in [0.717, 1.165) is 38.2 Å². The maximum Gasteiger partial charge on any atom is 0.305 e. The molecule has 2 bridgehead atoms. The van der Waals surface area contributed by atoms with Crippen LogP contribution in [-0.4, -0.2) is 36.3 Å². The van der Waals surface area contributed by atoms with Gasteiger partial charge in [0.25, 0.3) is 0 Å². The van der Waals surface area contributed by atoms with E-state index in [2.05, 4.69) is 29.2 Å². The van der Waals surface area contributed by atoms with Crippen LogP contribution in [0.4, 0.5) is 0 Å². The van der Waals surface area contributed by atoms with Gasteiger partial charge in [-0.2, -0.15) is 0 Å². The Balaban J connectivity index is 1.42. The number of hydrogen-bond donors (Lipinski definition) is 0. The number of carbonyl (C=O) groups excluding carboxylic acids is 2. The van der Waals surface area contributed by atoms with Crippen LogP contribution >= 0.6 is 11.3 Å². The van der Waals surface area contributed by atoms with Crippen LogP contribution in [0.15, 0.2) is 48.5 Å². The number of rotatable bonds is 7. The highest BCUT2D eigenvalue weighted by Crippen LogP contribution is 2.39. The molecule has 0 N–H and O–H groups in total. The fourth-order valence-corrected chi connectivity index (χ4v) is 6.38. The van der Waals surface area contributed by atoms with Gasteiger partial charge >= 0.3 is 5.97 Å². The van der Waals surface area contributed by atoms with Crippen molar-refractivity contribution >= 4 is 33.2 Å². The number of thiophene rings is 1. The molecule has 6 rings (SSSR count). The summed E-state index contributed by atoms with van der Waals surface area (Å²) in [6, 6.07) is 16.3. The normalized spacial score (nSPS) is 22.2. The number of benzene rings is 2. The maximum absolute atomic E-state index is 13.2. The fourth-order valence-electron chi connectivity index (χ4n) is 5.24. The van der Waals surface area contributed by atoms with Gasteiger partial charge in [-0.1, -0.05) is 49.4 Å². The molecule has 0 amide bonds. The highest BCUT2D eigenvalue weighted by Gasteiger charge is 2.35. The van der Waals surface area contributed by atoms with Gasteiger partial charge in [0.1, 0.15) is 6.61 Å². The molecule has 3 aliphatic heterocycles. The minimum absolute atomic E-state index is 0.199. The van der Waals surface area contributed by atoms with E-state index in [-0.39, 0.29) is 18.4 Å². The number of esters is 1. The van der Waals surface area contributed by atoms with Crippen molar-refractivity contribution < 1.29 is 14.3 Å². The van der Waals surface area contributed by atoms with Gasteiger partial charge in [0.2, 0.25) is 0 Å². The van der Waals surface area contributed by atoms with Crippen molar-refractivity contribution in [1.29, 1.82) is 0 Å². The summed E-state index contributed by atoms with van der Waals surface area (Å²) in [4.78, 5) is 28.3. The van der Waals surface area contributed by atoms with Crippen LogP contribution < -0.4 is 0 Å². The first kappa shape index (κ1) is 21.4. The van der Waals surface area contributed by atoms with E-state index < -0.39 is 0 Å². The van der Waals surface area contributed by atoms with Crippen LogP contribution in [0.3, 0.4) is 0 Å². The van der Waals surface area contributed by atoms with E-state index in [1.54, 1.807) is 18.3 Å². The Morgan fingerprint density at radius 3 is 2.59 bits per heavy atom. The van der Waals surface area contributed by atoms with Gasteiger partial charge in [-0.15, -0.1) is 11.3 Å². The Kier molecular flexibility index (Phi) is 6.11. The molecular weight excluding hydrogens is 418 g/mol. The molecule has 0 spiro atoms. The van der Waals surface area contributed by atoms with Crippen molar-refractivity contribution in [3.8, 4) is 11.1 Å². The number of Topliss-reactive ketones (excluding diaryl/α,β-unsaturated/α-hetero) is 1. The van der Waals surface area contributed by atoms with Crippen LogP contribution in [0, 0.1) is 11.8 Å². The summed E-state index contributed by atoms with van der Waals surface area (Å²) in [7, 11) is 0. The van der Waals surface area contributed by atoms with Crippen molar-refractivity contribution in [2.24, 2.45) is 11.8 Å². The quantitative estimate of drug-likeness (QED) is 0.332. The lowest BCUT2D eigenvalue weighted by molar-refractivity contribution is -0.144. The Morgan fingerprint density at radius 2 is 1.84 bits per heavy atom. The third kappa shape index (κ3) is 4.24. The monoisotopic (exact) mass is 447 g/mol. The van der Waals surface area contributed by atoms with E-state index in [1.807, 2.05) is 24.3 Å². The van der Waals surface area contributed by atoms with Crippen molar-refractivity contribution in [2.75, 3.05) is 19.6 Å². The summed E-state index contributed by atoms with van der Waals surface area (Å²) in [6.07, 6.45) is 3.52. The minimum Gasteiger partial charge on any atom is -0.461 e. The predicted octanol–water partition coefficient (Wildman–Crippen LogP) is 5.94. The second-order valence-corrected chi connectivity index (χ2v) is 10.1. The molecule has 3 saturated heterocycles. The summed E-state index contributed by atoms with van der Waals surface area (Å²) in [5.41, 5.74) is 3.13. The average molecular weight is 448 g/mol. The molecule has 0 unspecified atom stereocenters. The van der Waals surface area contributed by atoms with Crippen LogP contribution in [0.2, 0.25) is 0 Å². The van der Waals surface area contributed by atoms with Gasteiger partial charge in [-0.25, -0.2) is 0 Å². The minimum atomic E-state index is -0.199. The van der Waals surface area contributed by atoms with Crippen molar-refractivity contribution in [1.82, 2.24) is 4.90 Å². The van der Waals surface area contributed by atoms with Crippen LogP contribution in [0.5, 0.6) is 0 Å². The molecule has 3 fully saturated rings. The number of fused-ring (bicyclic) bond motifs is 4. The molecule has 2 aromatic carbocycles. The lowest BCUT2D eigenvalue weighted by Crippen LogP contribution is -2.47. The number of hydrogen-bond acceptors (Lipinski definition) is 5. The number of ether oxygens (including phenoxy) is 1. The summed E-state index contributed by atoms with van der Waals surface area (Å²) >= 11 is 1.60. The number of carbonyl (C=O) groups is 2. The van der Waals surface area contributed by atoms with Gasteiger partial charge in [-0.05, 0) is 65.9 Å². The fraction of sp³-hybridized carbons (Fsp3) is 0.407. The van der Waals surface area contributed by atoms with Crippen molar-refractivity contribution in [3.63, 3.8) is 0 Å². The highest BCUT2D eigenvalue weighted by molar-refractivity contribution is 7.21. The number of nitrogens with zero attached hydrogens (tertiary/aromatic N) is 1. The van der Waals surface area contributed by atoms with Crippen LogP contribution in [0.25, 0.3) is 21.2 Å². The van der Waals surface area contributed by atoms with Gasteiger partial charge in [0.15, 0.2) is 5.78 Å². The Morgan fingerprint density at radius 1 is 1.06 bits per heavy atom. The Labute approximate surface area is 193 Å². The molecule has 4 nitrogen and oxygen atoms in total. The Hall–Kier alpha value is -2.50. The average Bonchev–Trinajstić information content (AvgIpc) is 3.28. The first-order valence-electron chi connectivity index (χ1n) is 11.6. The molecule has 3 aromatic rings. The third-order valence-corrected chi connectivity index (χ3v) is 8.27. The molecular formula is C27H29NO3S. The number of ketones is 1. The lowest BCUT2D eigenvalue weighted by Gasteiger charge is -2.44. The zero-order valence-electron chi connectivity index (χ0n) is 18.5. The Bertz CT molecular complexity index is 1140. The first-order chi connectivity index (χ1) is 15.6. The van der Waals surface area contributed by atoms with Crippen molar-refractivity contribution in [3.05, 3.63) is 59.0 Å². The summed E-state index contributed by atoms with van der Waals surface area (Å²) in [6.45, 7) is 5.55. The zero-order chi connectivity index (χ0) is 22.1. The summed E-state index contributed by atoms with van der Waals surface area (Å²) in [5.74, 6) is 1.30. The second kappa shape index (κ2) is 9.16. The van der Waals surface area contributed by atoms with Gasteiger partial charge in [0, 0.05) is 24.1 Å². The van der Waals surface area contributed by atoms with Gasteiger partial charge < -0.3 is 9.64 Å². The SMILES string of the molecule is CCC(=O)OCc1ccccc1-c1cccc2cc(C(=O)C[C@H]3CN4CCC3CC4)sc12. The molecule has 166 valence electrons. The number of piperidine rings is 3. The molecule has 0 saturated carbocycles. The standard InChI is InChI=1S/C27H29NO3S/c1-2-26(30)31-17-20-6-3-4-8-22(20)23-9-5-7-19-15-25(32-27(19)23)24(29)14-21-16-28-12-10-18(21)11-13-28/h3-9,15,18,21H,2,10-14,16-17H2,1H3/t21-/m0/s1. The van der Waals surface area contributed by atoms with E-state index in [4.69, 9.17) is 4.74 Å². The molecule has 5 heteroatoms. The van der Waals surface area contributed by atoms with E-state index in [1.165, 1.54) is 25.9 Å². The van der Waals surface area contributed by atoms with E-state index >= 15 is 0 Å². The second-order valence-electron chi connectivity index (χ2n) is 9.03. The maximum atomic E-state index is 13.2. The van der Waals surface area contributed by atoms with Crippen LogP contribution in [-0.2, 0) is 16.1 Å². The molecule has 4 heterocycles. The molecule has 0 radical (unpaired) electrons. The van der Waals surface area contributed by atoms with E-state index in [0.29, 0.717) is 24.7 Å². The van der Waals surface area contributed by atoms with Crippen molar-refractivity contribution in [2.45, 2.75) is 39.2 Å². The molecule has 1 aromatic heterocycles. The smallest absolute Gasteiger partial charge is 0.305 e. The van der Waals surface area contributed by atoms with Gasteiger partial charge in [-0.3, -0.25) is 9.59 Å². The molecule has 1 atom stereocenters. The molecule has 0 aliphatic carbocycles. The first-order valence-corrected chi connectivity index (χ1v) is 12.5. The molecule has 32 heavy (non-hydrogen) atoms. The summed E-state index contributed by atoms with van der Waals surface area (Å²) < 4.78 is 6.53. The zero-order valence-corrected chi connectivity index (χ0v) is 19.3. The predicted molar refractivity (Wildman–Crippen MR) is 129 cm³/mol. The lowest BCUT2D eigenvalue weighted by atomic mass is 9.76. The third-order valence-electron chi connectivity index (χ3n) is 7.04. The van der Waals surface area contributed by atoms with Crippen LogP contribution in [0.1, 0.15) is 47.8 Å². The largest absolute Gasteiger partial charge is 0.461 e.